The standard InChI is InChI=1S/C17H24N2O2/c1-18-10-14-8-9-19(11-14)17(20)15-4-6-16(7-5-15)21-12-13-2-3-13/h4-7,13-14,18H,2-3,8-12H2,1H3. The maximum Gasteiger partial charge on any atom is 0.253 e. The molecule has 0 aromatic heterocycles. The van der Waals surface area contributed by atoms with Crippen LogP contribution in [0.1, 0.15) is 29.6 Å². The summed E-state index contributed by atoms with van der Waals surface area (Å²) in [6, 6.07) is 7.60. The van der Waals surface area contributed by atoms with E-state index in [4.69, 9.17) is 4.74 Å². The van der Waals surface area contributed by atoms with E-state index in [1.807, 2.05) is 36.2 Å². The van der Waals surface area contributed by atoms with E-state index in [9.17, 15) is 4.79 Å². The van der Waals surface area contributed by atoms with Gasteiger partial charge in [-0.3, -0.25) is 4.79 Å². The lowest BCUT2D eigenvalue weighted by atomic mass is 10.1. The average Bonchev–Trinajstić information content (AvgIpc) is 3.23. The van der Waals surface area contributed by atoms with Crippen molar-refractivity contribution in [2.45, 2.75) is 19.3 Å². The van der Waals surface area contributed by atoms with E-state index in [0.717, 1.165) is 49.9 Å². The molecule has 2 fully saturated rings. The van der Waals surface area contributed by atoms with Gasteiger partial charge in [0.2, 0.25) is 0 Å². The van der Waals surface area contributed by atoms with Gasteiger partial charge in [-0.05, 0) is 69.0 Å². The van der Waals surface area contributed by atoms with Crippen LogP contribution in [0.15, 0.2) is 24.3 Å². The van der Waals surface area contributed by atoms with Crippen molar-refractivity contribution in [1.82, 2.24) is 10.2 Å². The molecule has 1 heterocycles. The van der Waals surface area contributed by atoms with E-state index < -0.39 is 0 Å². The maximum atomic E-state index is 12.4. The van der Waals surface area contributed by atoms with Gasteiger partial charge in [0.15, 0.2) is 0 Å². The van der Waals surface area contributed by atoms with Crippen LogP contribution in [0.5, 0.6) is 5.75 Å². The zero-order valence-corrected chi connectivity index (χ0v) is 12.7. The molecular formula is C17H24N2O2. The van der Waals surface area contributed by atoms with Crippen LogP contribution in [-0.4, -0.2) is 44.1 Å². The third-order valence-corrected chi connectivity index (χ3v) is 4.35. The van der Waals surface area contributed by atoms with Crippen LogP contribution in [0.25, 0.3) is 0 Å². The van der Waals surface area contributed by atoms with Gasteiger partial charge in [-0.15, -0.1) is 0 Å². The van der Waals surface area contributed by atoms with Crippen LogP contribution in [0, 0.1) is 11.8 Å². The van der Waals surface area contributed by atoms with E-state index in [2.05, 4.69) is 5.32 Å². The number of hydrogen-bond donors (Lipinski definition) is 1. The van der Waals surface area contributed by atoms with Crippen molar-refractivity contribution in [3.05, 3.63) is 29.8 Å². The SMILES string of the molecule is CNCC1CCN(C(=O)c2ccc(OCC3CC3)cc2)C1. The summed E-state index contributed by atoms with van der Waals surface area (Å²) in [4.78, 5) is 14.4. The second-order valence-corrected chi connectivity index (χ2v) is 6.24. The summed E-state index contributed by atoms with van der Waals surface area (Å²) in [6.45, 7) is 3.52. The lowest BCUT2D eigenvalue weighted by Gasteiger charge is -2.17. The van der Waals surface area contributed by atoms with Gasteiger partial charge in [0.25, 0.3) is 5.91 Å². The molecule has 1 atom stereocenters. The predicted octanol–water partition coefficient (Wildman–Crippen LogP) is 2.16. The lowest BCUT2D eigenvalue weighted by molar-refractivity contribution is 0.0787. The third kappa shape index (κ3) is 3.76. The molecule has 1 N–H and O–H groups in total. The average molecular weight is 288 g/mol. The smallest absolute Gasteiger partial charge is 0.253 e. The Labute approximate surface area is 126 Å². The van der Waals surface area contributed by atoms with Crippen LogP contribution in [0.4, 0.5) is 0 Å². The second-order valence-electron chi connectivity index (χ2n) is 6.24. The summed E-state index contributed by atoms with van der Waals surface area (Å²) in [6.07, 6.45) is 3.67. The summed E-state index contributed by atoms with van der Waals surface area (Å²) in [7, 11) is 1.96. The molecule has 114 valence electrons. The highest BCUT2D eigenvalue weighted by atomic mass is 16.5. The summed E-state index contributed by atoms with van der Waals surface area (Å²) in [5.41, 5.74) is 0.763. The highest BCUT2D eigenvalue weighted by molar-refractivity contribution is 5.94. The number of carbonyl (C=O) groups excluding carboxylic acids is 1. The van der Waals surface area contributed by atoms with Crippen LogP contribution in [0.3, 0.4) is 0 Å². The summed E-state index contributed by atoms with van der Waals surface area (Å²) in [5.74, 6) is 2.34. The fourth-order valence-corrected chi connectivity index (χ4v) is 2.85. The molecule has 1 unspecified atom stereocenters. The van der Waals surface area contributed by atoms with Gasteiger partial charge in [-0.25, -0.2) is 0 Å². The topological polar surface area (TPSA) is 41.6 Å². The predicted molar refractivity (Wildman–Crippen MR) is 82.6 cm³/mol. The minimum atomic E-state index is 0.141. The van der Waals surface area contributed by atoms with Crippen LogP contribution < -0.4 is 10.1 Å². The number of likely N-dealkylation sites (tertiary alicyclic amines) is 1. The Kier molecular flexibility index (Phi) is 4.44. The Morgan fingerprint density at radius 2 is 2.00 bits per heavy atom. The van der Waals surface area contributed by atoms with Gasteiger partial charge in [-0.1, -0.05) is 0 Å². The van der Waals surface area contributed by atoms with Gasteiger partial charge in [0.05, 0.1) is 6.61 Å². The minimum absolute atomic E-state index is 0.141. The molecule has 3 rings (SSSR count). The molecule has 1 aliphatic heterocycles. The van der Waals surface area contributed by atoms with E-state index in [1.54, 1.807) is 0 Å². The van der Waals surface area contributed by atoms with Crippen LogP contribution >= 0.6 is 0 Å². The minimum Gasteiger partial charge on any atom is -0.493 e. The van der Waals surface area contributed by atoms with Gasteiger partial charge in [0.1, 0.15) is 5.75 Å². The number of rotatable bonds is 6. The highest BCUT2D eigenvalue weighted by Crippen LogP contribution is 2.29. The molecule has 1 aliphatic carbocycles. The number of carbonyl (C=O) groups is 1. The first-order valence-corrected chi connectivity index (χ1v) is 7.93. The normalized spacial score (nSPS) is 21.6. The molecule has 1 amide bonds. The largest absolute Gasteiger partial charge is 0.493 e. The maximum absolute atomic E-state index is 12.4. The summed E-state index contributed by atoms with van der Waals surface area (Å²) < 4.78 is 5.71. The molecule has 4 nitrogen and oxygen atoms in total. The van der Waals surface area contributed by atoms with Gasteiger partial charge in [0, 0.05) is 18.7 Å². The molecule has 0 bridgehead atoms. The molecule has 1 aromatic rings. The summed E-state index contributed by atoms with van der Waals surface area (Å²) >= 11 is 0. The first-order chi connectivity index (χ1) is 10.3. The highest BCUT2D eigenvalue weighted by Gasteiger charge is 2.26. The van der Waals surface area contributed by atoms with Crippen molar-refractivity contribution in [2.75, 3.05) is 33.3 Å². The zero-order chi connectivity index (χ0) is 14.7. The Hall–Kier alpha value is -1.55. The second kappa shape index (κ2) is 6.48. The molecule has 1 saturated heterocycles. The molecule has 1 saturated carbocycles. The fraction of sp³-hybridized carbons (Fsp3) is 0.588. The molecule has 4 heteroatoms. The monoisotopic (exact) mass is 288 g/mol. The number of hydrogen-bond acceptors (Lipinski definition) is 3. The number of benzene rings is 1. The lowest BCUT2D eigenvalue weighted by Crippen LogP contribution is -2.30. The number of nitrogens with one attached hydrogen (secondary N) is 1. The molecule has 0 spiro atoms. The van der Waals surface area contributed by atoms with Crippen molar-refractivity contribution in [2.24, 2.45) is 11.8 Å². The fourth-order valence-electron chi connectivity index (χ4n) is 2.85. The van der Waals surface area contributed by atoms with Crippen molar-refractivity contribution in [3.8, 4) is 5.75 Å². The Morgan fingerprint density at radius 1 is 1.24 bits per heavy atom. The first kappa shape index (κ1) is 14.4. The molecule has 2 aliphatic rings. The van der Waals surface area contributed by atoms with Gasteiger partial charge in [-0.2, -0.15) is 0 Å². The van der Waals surface area contributed by atoms with Crippen LogP contribution in [0.2, 0.25) is 0 Å². The molecule has 1 aromatic carbocycles. The van der Waals surface area contributed by atoms with Gasteiger partial charge < -0.3 is 15.0 Å². The molecular weight excluding hydrogens is 264 g/mol. The quantitative estimate of drug-likeness (QED) is 0.872. The van der Waals surface area contributed by atoms with Crippen molar-refractivity contribution < 1.29 is 9.53 Å². The molecule has 21 heavy (non-hydrogen) atoms. The van der Waals surface area contributed by atoms with E-state index in [1.165, 1.54) is 12.8 Å². The van der Waals surface area contributed by atoms with Gasteiger partial charge >= 0.3 is 0 Å². The van der Waals surface area contributed by atoms with E-state index in [0.29, 0.717) is 5.92 Å². The summed E-state index contributed by atoms with van der Waals surface area (Å²) in [5, 5.41) is 3.19. The van der Waals surface area contributed by atoms with E-state index in [-0.39, 0.29) is 5.91 Å². The third-order valence-electron chi connectivity index (χ3n) is 4.35. The zero-order valence-electron chi connectivity index (χ0n) is 12.7. The molecule has 0 radical (unpaired) electrons. The van der Waals surface area contributed by atoms with Crippen molar-refractivity contribution in [1.29, 1.82) is 0 Å². The Bertz CT molecular complexity index is 482. The number of nitrogens with zero attached hydrogens (tertiary/aromatic N) is 1. The van der Waals surface area contributed by atoms with Crippen LogP contribution in [-0.2, 0) is 0 Å². The number of ether oxygens (including phenoxy) is 1. The Balaban J connectivity index is 1.54. The van der Waals surface area contributed by atoms with E-state index >= 15 is 0 Å². The van der Waals surface area contributed by atoms with Crippen molar-refractivity contribution >= 4 is 5.91 Å². The Morgan fingerprint density at radius 3 is 2.67 bits per heavy atom. The first-order valence-electron chi connectivity index (χ1n) is 7.93. The number of amides is 1. The van der Waals surface area contributed by atoms with Crippen molar-refractivity contribution in [3.63, 3.8) is 0 Å².